The van der Waals surface area contributed by atoms with E-state index in [1.165, 1.54) is 0 Å². The molecule has 1 amide bonds. The molecule has 0 bridgehead atoms. The molecule has 1 aromatic heterocycles. The molecule has 26 heavy (non-hydrogen) atoms. The second-order valence-corrected chi connectivity index (χ2v) is 6.06. The molecule has 3 rings (SSSR count). The molecule has 1 atom stereocenters. The quantitative estimate of drug-likeness (QED) is 0.456. The summed E-state index contributed by atoms with van der Waals surface area (Å²) < 4.78 is 11.2. The van der Waals surface area contributed by atoms with Gasteiger partial charge >= 0.3 is 0 Å². The largest absolute Gasteiger partial charge is 0.494 e. The van der Waals surface area contributed by atoms with Crippen molar-refractivity contribution in [2.45, 2.75) is 19.4 Å². The number of hydrogen-bond acceptors (Lipinski definition) is 4. The smallest absolute Gasteiger partial charge is 0.207 e. The van der Waals surface area contributed by atoms with Crippen LogP contribution in [0.15, 0.2) is 42.5 Å². The lowest BCUT2D eigenvalue weighted by Crippen LogP contribution is -2.14. The van der Waals surface area contributed by atoms with E-state index in [0.717, 1.165) is 39.9 Å². The Kier molecular flexibility index (Phi) is 5.86. The zero-order valence-corrected chi connectivity index (χ0v) is 15.0. The van der Waals surface area contributed by atoms with Crippen molar-refractivity contribution >= 4 is 17.3 Å². The number of nitrogens with zero attached hydrogens (tertiary/aromatic N) is 1. The molecule has 1 heterocycles. The minimum atomic E-state index is 0.0269. The first-order valence-electron chi connectivity index (χ1n) is 8.64. The standard InChI is InChI=1S/C20H23N3O3/c1-14(25-2)15-5-3-6-16(11-15)20-18-12-17(7-8-19(18)22-23-20)26-10-4-9-21-13-24/h3,5-8,11-14H,4,9-10H2,1-2H3,(H,21,24)(H,22,23). The molecule has 0 fully saturated rings. The number of carbonyl (C=O) groups excluding carboxylic acids is 1. The van der Waals surface area contributed by atoms with Crippen molar-refractivity contribution in [2.75, 3.05) is 20.3 Å². The van der Waals surface area contributed by atoms with Crippen molar-refractivity contribution < 1.29 is 14.3 Å². The van der Waals surface area contributed by atoms with E-state index in [9.17, 15) is 4.79 Å². The van der Waals surface area contributed by atoms with Crippen LogP contribution in [0.2, 0.25) is 0 Å². The van der Waals surface area contributed by atoms with Crippen LogP contribution < -0.4 is 10.1 Å². The maximum atomic E-state index is 10.2. The van der Waals surface area contributed by atoms with Crippen LogP contribution in [-0.4, -0.2) is 36.9 Å². The normalized spacial score (nSPS) is 12.1. The third-order valence-corrected chi connectivity index (χ3v) is 4.33. The molecule has 0 aliphatic carbocycles. The van der Waals surface area contributed by atoms with Gasteiger partial charge in [0.2, 0.25) is 6.41 Å². The molecular weight excluding hydrogens is 330 g/mol. The highest BCUT2D eigenvalue weighted by Crippen LogP contribution is 2.31. The predicted molar refractivity (Wildman–Crippen MR) is 101 cm³/mol. The van der Waals surface area contributed by atoms with Crippen LogP contribution >= 0.6 is 0 Å². The Balaban J connectivity index is 1.83. The van der Waals surface area contributed by atoms with Gasteiger partial charge in [0.05, 0.1) is 18.2 Å². The van der Waals surface area contributed by atoms with Crippen LogP contribution in [0.1, 0.15) is 25.0 Å². The summed E-state index contributed by atoms with van der Waals surface area (Å²) in [7, 11) is 1.70. The Bertz CT molecular complexity index is 876. The first-order chi connectivity index (χ1) is 12.7. The maximum Gasteiger partial charge on any atom is 0.207 e. The van der Waals surface area contributed by atoms with Gasteiger partial charge in [-0.3, -0.25) is 9.89 Å². The van der Waals surface area contributed by atoms with E-state index in [1.807, 2.05) is 37.3 Å². The zero-order chi connectivity index (χ0) is 18.4. The minimum Gasteiger partial charge on any atom is -0.494 e. The van der Waals surface area contributed by atoms with Crippen molar-refractivity contribution in [1.29, 1.82) is 0 Å². The number of H-pyrrole nitrogens is 1. The Morgan fingerprint density at radius 3 is 2.96 bits per heavy atom. The summed E-state index contributed by atoms with van der Waals surface area (Å²) in [5, 5.41) is 11.2. The van der Waals surface area contributed by atoms with Gasteiger partial charge in [-0.2, -0.15) is 5.10 Å². The third-order valence-electron chi connectivity index (χ3n) is 4.33. The van der Waals surface area contributed by atoms with Crippen molar-refractivity contribution in [3.63, 3.8) is 0 Å². The topological polar surface area (TPSA) is 76.2 Å². The van der Waals surface area contributed by atoms with E-state index in [-0.39, 0.29) is 6.10 Å². The summed E-state index contributed by atoms with van der Waals surface area (Å²) in [6.45, 7) is 3.17. The fourth-order valence-electron chi connectivity index (χ4n) is 2.80. The minimum absolute atomic E-state index is 0.0269. The Hall–Kier alpha value is -2.86. The zero-order valence-electron chi connectivity index (χ0n) is 15.0. The monoisotopic (exact) mass is 353 g/mol. The summed E-state index contributed by atoms with van der Waals surface area (Å²) in [4.78, 5) is 10.2. The van der Waals surface area contributed by atoms with Crippen LogP contribution in [-0.2, 0) is 9.53 Å². The third kappa shape index (κ3) is 4.03. The molecule has 0 saturated heterocycles. The van der Waals surface area contributed by atoms with Gasteiger partial charge in [0, 0.05) is 24.6 Å². The molecule has 0 saturated carbocycles. The van der Waals surface area contributed by atoms with E-state index >= 15 is 0 Å². The number of carbonyl (C=O) groups is 1. The molecule has 2 aromatic carbocycles. The lowest BCUT2D eigenvalue weighted by Gasteiger charge is -2.11. The van der Waals surface area contributed by atoms with E-state index < -0.39 is 0 Å². The molecule has 136 valence electrons. The molecule has 1 unspecified atom stereocenters. The number of rotatable bonds is 9. The molecule has 2 N–H and O–H groups in total. The summed E-state index contributed by atoms with van der Waals surface area (Å²) in [5.41, 5.74) is 3.99. The number of nitrogens with one attached hydrogen (secondary N) is 2. The first-order valence-corrected chi connectivity index (χ1v) is 8.64. The van der Waals surface area contributed by atoms with Gasteiger partial charge in [0.1, 0.15) is 11.4 Å². The summed E-state index contributed by atoms with van der Waals surface area (Å²) in [6, 6.07) is 14.1. The highest BCUT2D eigenvalue weighted by atomic mass is 16.5. The van der Waals surface area contributed by atoms with Crippen molar-refractivity contribution in [2.24, 2.45) is 0 Å². The van der Waals surface area contributed by atoms with E-state index in [4.69, 9.17) is 9.47 Å². The van der Waals surface area contributed by atoms with Crippen LogP contribution in [0.3, 0.4) is 0 Å². The number of amides is 1. The molecule has 3 aromatic rings. The molecule has 0 aliphatic rings. The van der Waals surface area contributed by atoms with Gasteiger partial charge in [-0.15, -0.1) is 0 Å². The number of aromatic nitrogens is 2. The number of aromatic amines is 1. The lowest BCUT2D eigenvalue weighted by molar-refractivity contribution is -0.109. The number of hydrogen-bond donors (Lipinski definition) is 2. The van der Waals surface area contributed by atoms with Gasteiger partial charge < -0.3 is 14.8 Å². The summed E-state index contributed by atoms with van der Waals surface area (Å²) in [5.74, 6) is 0.785. The van der Waals surface area contributed by atoms with E-state index in [1.54, 1.807) is 7.11 Å². The highest BCUT2D eigenvalue weighted by molar-refractivity contribution is 5.93. The summed E-state index contributed by atoms with van der Waals surface area (Å²) >= 11 is 0. The molecule has 0 radical (unpaired) electrons. The molecule has 6 nitrogen and oxygen atoms in total. The van der Waals surface area contributed by atoms with Crippen molar-refractivity contribution in [3.05, 3.63) is 48.0 Å². The highest BCUT2D eigenvalue weighted by Gasteiger charge is 2.11. The van der Waals surface area contributed by atoms with E-state index in [0.29, 0.717) is 19.6 Å². The Morgan fingerprint density at radius 1 is 1.27 bits per heavy atom. The average Bonchev–Trinajstić information content (AvgIpc) is 3.10. The van der Waals surface area contributed by atoms with Gasteiger partial charge in [-0.25, -0.2) is 0 Å². The molecule has 0 aliphatic heterocycles. The van der Waals surface area contributed by atoms with Gasteiger partial charge in [0.25, 0.3) is 0 Å². The molecule has 0 spiro atoms. The van der Waals surface area contributed by atoms with E-state index in [2.05, 4.69) is 27.6 Å². The lowest BCUT2D eigenvalue weighted by atomic mass is 10.0. The van der Waals surface area contributed by atoms with Crippen LogP contribution in [0.25, 0.3) is 22.2 Å². The van der Waals surface area contributed by atoms with Crippen LogP contribution in [0.4, 0.5) is 0 Å². The predicted octanol–water partition coefficient (Wildman–Crippen LogP) is 3.45. The van der Waals surface area contributed by atoms with Crippen molar-refractivity contribution in [1.82, 2.24) is 15.5 Å². The second-order valence-electron chi connectivity index (χ2n) is 6.06. The Labute approximate surface area is 152 Å². The summed E-state index contributed by atoms with van der Waals surface area (Å²) in [6.07, 6.45) is 1.48. The SMILES string of the molecule is COC(C)c1cccc(-c2n[nH]c3ccc(OCCCNC=O)cc23)c1. The fraction of sp³-hybridized carbons (Fsp3) is 0.300. The molecule has 6 heteroatoms. The average molecular weight is 353 g/mol. The number of ether oxygens (including phenoxy) is 2. The number of methoxy groups -OCH3 is 1. The van der Waals surface area contributed by atoms with Crippen LogP contribution in [0, 0.1) is 0 Å². The second kappa shape index (κ2) is 8.49. The van der Waals surface area contributed by atoms with Crippen LogP contribution in [0.5, 0.6) is 5.75 Å². The Morgan fingerprint density at radius 2 is 2.15 bits per heavy atom. The van der Waals surface area contributed by atoms with Gasteiger partial charge in [-0.1, -0.05) is 18.2 Å². The molecular formula is C20H23N3O3. The number of benzene rings is 2. The van der Waals surface area contributed by atoms with Gasteiger partial charge in [-0.05, 0) is 43.2 Å². The first kappa shape index (κ1) is 17.9. The fourth-order valence-corrected chi connectivity index (χ4v) is 2.80. The van der Waals surface area contributed by atoms with Crippen molar-refractivity contribution in [3.8, 4) is 17.0 Å². The van der Waals surface area contributed by atoms with Gasteiger partial charge in [0.15, 0.2) is 0 Å². The number of fused-ring (bicyclic) bond motifs is 1. The maximum absolute atomic E-state index is 10.2.